The van der Waals surface area contributed by atoms with Crippen LogP contribution < -0.4 is 0 Å². The largest absolute Gasteiger partial charge is 0.457 e. The number of hydrogen-bond acceptors (Lipinski definition) is 3. The third-order valence-electron chi connectivity index (χ3n) is 3.50. The normalized spacial score (nSPS) is 48.9. The first kappa shape index (κ1) is 8.24. The lowest BCUT2D eigenvalue weighted by atomic mass is 9.69. The predicted octanol–water partition coefficient (Wildman–Crippen LogP) is 0.651. The van der Waals surface area contributed by atoms with Crippen molar-refractivity contribution in [3.8, 4) is 0 Å². The molecule has 1 aliphatic heterocycles. The Labute approximate surface area is 82.1 Å². The van der Waals surface area contributed by atoms with Crippen LogP contribution in [-0.4, -0.2) is 23.3 Å². The minimum absolute atomic E-state index is 0.106. The average molecular weight is 192 g/mol. The highest BCUT2D eigenvalue weighted by Crippen LogP contribution is 2.44. The first-order valence-corrected chi connectivity index (χ1v) is 5.01. The van der Waals surface area contributed by atoms with Gasteiger partial charge < -0.3 is 9.84 Å². The van der Waals surface area contributed by atoms with Gasteiger partial charge in [0.15, 0.2) is 0 Å². The number of allylic oxidation sites excluding steroid dienone is 1. The van der Waals surface area contributed by atoms with E-state index in [0.29, 0.717) is 0 Å². The van der Waals surface area contributed by atoms with Gasteiger partial charge in [0.1, 0.15) is 6.10 Å². The fourth-order valence-electron chi connectivity index (χ4n) is 2.81. The van der Waals surface area contributed by atoms with Gasteiger partial charge >= 0.3 is 5.97 Å². The molecule has 3 aliphatic rings. The summed E-state index contributed by atoms with van der Waals surface area (Å²) in [6.07, 6.45) is 7.81. The van der Waals surface area contributed by atoms with Crippen molar-refractivity contribution in [1.82, 2.24) is 0 Å². The van der Waals surface area contributed by atoms with Gasteiger partial charge in [-0.2, -0.15) is 0 Å². The highest BCUT2D eigenvalue weighted by Gasteiger charge is 2.50. The molecule has 1 heterocycles. The number of rotatable bonds is 0. The summed E-state index contributed by atoms with van der Waals surface area (Å²) in [7, 11) is 0. The molecule has 3 heteroatoms. The molecule has 0 aromatic rings. The Hall–Kier alpha value is -1.09. The van der Waals surface area contributed by atoms with Gasteiger partial charge in [-0.3, -0.25) is 4.79 Å². The molecule has 5 atom stereocenters. The van der Waals surface area contributed by atoms with Crippen LogP contribution in [0.25, 0.3) is 0 Å². The van der Waals surface area contributed by atoms with Crippen LogP contribution in [-0.2, 0) is 9.53 Å². The molecule has 0 aromatic heterocycles. The lowest BCUT2D eigenvalue weighted by Gasteiger charge is -2.35. The van der Waals surface area contributed by atoms with E-state index in [0.717, 1.165) is 6.42 Å². The quantitative estimate of drug-likeness (QED) is 0.453. The van der Waals surface area contributed by atoms with E-state index in [1.807, 2.05) is 18.2 Å². The summed E-state index contributed by atoms with van der Waals surface area (Å²) in [5, 5.41) is 9.77. The van der Waals surface area contributed by atoms with Crippen molar-refractivity contribution < 1.29 is 14.6 Å². The van der Waals surface area contributed by atoms with Crippen molar-refractivity contribution in [2.75, 3.05) is 0 Å². The monoisotopic (exact) mass is 192 g/mol. The molecular weight excluding hydrogens is 180 g/mol. The van der Waals surface area contributed by atoms with Crippen LogP contribution in [0.15, 0.2) is 24.3 Å². The summed E-state index contributed by atoms with van der Waals surface area (Å²) in [5.41, 5.74) is 0. The first-order chi connectivity index (χ1) is 6.77. The number of ether oxygens (including phenoxy) is 1. The van der Waals surface area contributed by atoms with Crippen molar-refractivity contribution in [2.24, 2.45) is 17.8 Å². The molecule has 2 aliphatic carbocycles. The van der Waals surface area contributed by atoms with E-state index < -0.39 is 6.10 Å². The molecule has 1 saturated heterocycles. The van der Waals surface area contributed by atoms with Gasteiger partial charge in [0.25, 0.3) is 0 Å². The maximum Gasteiger partial charge on any atom is 0.313 e. The molecule has 14 heavy (non-hydrogen) atoms. The highest BCUT2D eigenvalue weighted by molar-refractivity contribution is 5.78. The second-order valence-electron chi connectivity index (χ2n) is 4.21. The van der Waals surface area contributed by atoms with Gasteiger partial charge in [0.05, 0.1) is 12.0 Å². The predicted molar refractivity (Wildman–Crippen MR) is 49.3 cm³/mol. The number of hydrogen-bond donors (Lipinski definition) is 1. The van der Waals surface area contributed by atoms with Crippen LogP contribution in [0, 0.1) is 17.8 Å². The minimum Gasteiger partial charge on any atom is -0.457 e. The molecule has 0 unspecified atom stereocenters. The lowest BCUT2D eigenvalue weighted by Crippen LogP contribution is -2.39. The Morgan fingerprint density at radius 3 is 3.07 bits per heavy atom. The van der Waals surface area contributed by atoms with E-state index in [2.05, 4.69) is 0 Å². The molecule has 0 aromatic carbocycles. The zero-order valence-electron chi connectivity index (χ0n) is 7.67. The third-order valence-corrected chi connectivity index (χ3v) is 3.50. The van der Waals surface area contributed by atoms with Crippen molar-refractivity contribution in [3.05, 3.63) is 24.3 Å². The summed E-state index contributed by atoms with van der Waals surface area (Å²) >= 11 is 0. The Balaban J connectivity index is 2.04. The molecule has 0 spiro atoms. The number of esters is 1. The summed E-state index contributed by atoms with van der Waals surface area (Å²) in [6, 6.07) is 0. The fraction of sp³-hybridized carbons (Fsp3) is 0.545. The van der Waals surface area contributed by atoms with Gasteiger partial charge in [0.2, 0.25) is 0 Å². The van der Waals surface area contributed by atoms with Gasteiger partial charge in [-0.1, -0.05) is 18.2 Å². The Kier molecular flexibility index (Phi) is 1.59. The average Bonchev–Trinajstić information content (AvgIpc) is 2.52. The van der Waals surface area contributed by atoms with E-state index >= 15 is 0 Å². The van der Waals surface area contributed by atoms with Crippen LogP contribution in [0.1, 0.15) is 6.42 Å². The van der Waals surface area contributed by atoms with Crippen LogP contribution in [0.4, 0.5) is 0 Å². The zero-order chi connectivity index (χ0) is 9.71. The molecule has 0 radical (unpaired) electrons. The number of carbonyl (C=O) groups excluding carboxylic acids is 1. The van der Waals surface area contributed by atoms with Gasteiger partial charge in [-0.05, 0) is 18.4 Å². The maximum atomic E-state index is 11.5. The van der Waals surface area contributed by atoms with Gasteiger partial charge in [-0.25, -0.2) is 0 Å². The van der Waals surface area contributed by atoms with E-state index in [9.17, 15) is 9.90 Å². The van der Waals surface area contributed by atoms with E-state index in [4.69, 9.17) is 4.74 Å². The van der Waals surface area contributed by atoms with E-state index in [-0.39, 0.29) is 29.8 Å². The Bertz CT molecular complexity index is 331. The van der Waals surface area contributed by atoms with Crippen molar-refractivity contribution >= 4 is 5.97 Å². The maximum absolute atomic E-state index is 11.5. The molecule has 3 nitrogen and oxygen atoms in total. The minimum atomic E-state index is -0.418. The highest BCUT2D eigenvalue weighted by atomic mass is 16.6. The standard InChI is InChI=1S/C11H12O3/c12-8-4-5-9-10-6(8)2-1-3-7(10)11(13)14-9/h1,3-10,12H,2H2/t6-,7+,8-,9+,10+/m0/s1. The van der Waals surface area contributed by atoms with Crippen molar-refractivity contribution in [1.29, 1.82) is 0 Å². The summed E-state index contributed by atoms with van der Waals surface area (Å²) in [5.74, 6) is 0.0528. The smallest absolute Gasteiger partial charge is 0.313 e. The molecule has 0 amide bonds. The topological polar surface area (TPSA) is 46.5 Å². The fourth-order valence-corrected chi connectivity index (χ4v) is 2.81. The second kappa shape index (κ2) is 2.70. The van der Waals surface area contributed by atoms with Gasteiger partial charge in [-0.15, -0.1) is 0 Å². The van der Waals surface area contributed by atoms with E-state index in [1.165, 1.54) is 0 Å². The molecule has 74 valence electrons. The molecule has 0 bridgehead atoms. The van der Waals surface area contributed by atoms with Crippen molar-refractivity contribution in [2.45, 2.75) is 18.6 Å². The van der Waals surface area contributed by atoms with Crippen LogP contribution in [0.3, 0.4) is 0 Å². The summed E-state index contributed by atoms with van der Waals surface area (Å²) in [4.78, 5) is 11.5. The molecule has 3 rings (SSSR count). The zero-order valence-corrected chi connectivity index (χ0v) is 7.67. The molecule has 1 fully saturated rings. The molecule has 1 N–H and O–H groups in total. The van der Waals surface area contributed by atoms with Crippen LogP contribution in [0.5, 0.6) is 0 Å². The third kappa shape index (κ3) is 0.932. The molecular formula is C11H12O3. The number of aliphatic hydroxyl groups is 1. The SMILES string of the molecule is O=C1O[C@@H]2C=C[C@H](O)[C@@H]3CC=C[C@@H]1[C@@H]32. The lowest BCUT2D eigenvalue weighted by molar-refractivity contribution is -0.142. The summed E-state index contributed by atoms with van der Waals surface area (Å²) < 4.78 is 5.24. The van der Waals surface area contributed by atoms with Crippen LogP contribution >= 0.6 is 0 Å². The first-order valence-electron chi connectivity index (χ1n) is 5.01. The van der Waals surface area contributed by atoms with Crippen LogP contribution in [0.2, 0.25) is 0 Å². The Morgan fingerprint density at radius 2 is 2.21 bits per heavy atom. The Morgan fingerprint density at radius 1 is 1.36 bits per heavy atom. The van der Waals surface area contributed by atoms with Crippen molar-refractivity contribution in [3.63, 3.8) is 0 Å². The molecule has 0 saturated carbocycles. The van der Waals surface area contributed by atoms with Gasteiger partial charge in [0, 0.05) is 5.92 Å². The number of aliphatic hydroxyl groups excluding tert-OH is 1. The second-order valence-corrected chi connectivity index (χ2v) is 4.21. The van der Waals surface area contributed by atoms with E-state index in [1.54, 1.807) is 6.08 Å². The summed E-state index contributed by atoms with van der Waals surface area (Å²) in [6.45, 7) is 0. The number of carbonyl (C=O) groups is 1.